The quantitative estimate of drug-likeness (QED) is 0.625. The minimum Gasteiger partial charge on any atom is -0.343 e. The van der Waals surface area contributed by atoms with Gasteiger partial charge in [-0.05, 0) is 30.3 Å². The van der Waals surface area contributed by atoms with E-state index in [1.807, 2.05) is 0 Å². The molecule has 0 atom stereocenters. The summed E-state index contributed by atoms with van der Waals surface area (Å²) in [7, 11) is 0. The number of hydrogen-bond acceptors (Lipinski definition) is 4. The zero-order valence-electron chi connectivity index (χ0n) is 12.1. The van der Waals surface area contributed by atoms with Crippen LogP contribution in [0.15, 0.2) is 42.5 Å². The predicted octanol–water partition coefficient (Wildman–Crippen LogP) is 3.27. The Morgan fingerprint density at radius 1 is 1.08 bits per heavy atom. The van der Waals surface area contributed by atoms with E-state index in [1.54, 1.807) is 6.07 Å². The van der Waals surface area contributed by atoms with Gasteiger partial charge in [-0.15, -0.1) is 0 Å². The lowest BCUT2D eigenvalue weighted by molar-refractivity contribution is -0.384. The maximum Gasteiger partial charge on any atom is 0.269 e. The predicted molar refractivity (Wildman–Crippen MR) is 90.5 cm³/mol. The van der Waals surface area contributed by atoms with Gasteiger partial charge in [0, 0.05) is 22.7 Å². The Bertz CT molecular complexity index is 794. The van der Waals surface area contributed by atoms with Crippen LogP contribution in [0.4, 0.5) is 11.4 Å². The lowest BCUT2D eigenvalue weighted by atomic mass is 10.2. The van der Waals surface area contributed by atoms with Crippen LogP contribution in [-0.4, -0.2) is 23.3 Å². The third-order valence-corrected chi connectivity index (χ3v) is 3.52. The second-order valence-corrected chi connectivity index (χ2v) is 5.50. The molecule has 0 radical (unpaired) electrons. The van der Waals surface area contributed by atoms with Gasteiger partial charge in [0.1, 0.15) is 0 Å². The van der Waals surface area contributed by atoms with Crippen molar-refractivity contribution < 1.29 is 14.5 Å². The van der Waals surface area contributed by atoms with Gasteiger partial charge in [-0.25, -0.2) is 0 Å². The Morgan fingerprint density at radius 3 is 2.38 bits per heavy atom. The standard InChI is InChI=1S/C15H11Cl2N3O4/c16-10-3-6-12(17)13(7-10)19-14(21)8-18-15(22)9-1-4-11(5-2-9)20(23)24/h1-7H,8H2,(H,18,22)(H,19,21). The molecule has 0 aromatic heterocycles. The number of anilines is 1. The topological polar surface area (TPSA) is 101 Å². The van der Waals surface area contributed by atoms with Crippen LogP contribution in [0.1, 0.15) is 10.4 Å². The molecule has 7 nitrogen and oxygen atoms in total. The summed E-state index contributed by atoms with van der Waals surface area (Å²) in [6.45, 7) is -0.293. The molecule has 0 aliphatic carbocycles. The summed E-state index contributed by atoms with van der Waals surface area (Å²) < 4.78 is 0. The normalized spacial score (nSPS) is 10.1. The molecule has 2 rings (SSSR count). The minimum atomic E-state index is -0.566. The van der Waals surface area contributed by atoms with Crippen molar-refractivity contribution in [2.75, 3.05) is 11.9 Å². The summed E-state index contributed by atoms with van der Waals surface area (Å²) in [6, 6.07) is 9.63. The van der Waals surface area contributed by atoms with E-state index in [0.717, 1.165) is 0 Å². The van der Waals surface area contributed by atoms with Crippen LogP contribution in [-0.2, 0) is 4.79 Å². The number of carbonyl (C=O) groups is 2. The summed E-state index contributed by atoms with van der Waals surface area (Å²) in [6.07, 6.45) is 0. The maximum atomic E-state index is 11.9. The van der Waals surface area contributed by atoms with Crippen molar-refractivity contribution in [2.24, 2.45) is 0 Å². The van der Waals surface area contributed by atoms with Crippen molar-refractivity contribution in [3.05, 3.63) is 68.2 Å². The SMILES string of the molecule is O=C(CNC(=O)c1ccc([N+](=O)[O-])cc1)Nc1cc(Cl)ccc1Cl. The van der Waals surface area contributed by atoms with Gasteiger partial charge < -0.3 is 10.6 Å². The summed E-state index contributed by atoms with van der Waals surface area (Å²) in [5.74, 6) is -1.02. The summed E-state index contributed by atoms with van der Waals surface area (Å²) in [5.41, 5.74) is 0.410. The first-order valence-corrected chi connectivity index (χ1v) is 7.40. The molecule has 0 saturated heterocycles. The fourth-order valence-corrected chi connectivity index (χ4v) is 2.12. The van der Waals surface area contributed by atoms with Crippen LogP contribution >= 0.6 is 23.2 Å². The van der Waals surface area contributed by atoms with Gasteiger partial charge in [-0.2, -0.15) is 0 Å². The molecule has 9 heteroatoms. The average Bonchev–Trinajstić information content (AvgIpc) is 2.56. The molecule has 2 aromatic carbocycles. The van der Waals surface area contributed by atoms with Crippen molar-refractivity contribution in [1.29, 1.82) is 0 Å². The Balaban J connectivity index is 1.92. The van der Waals surface area contributed by atoms with Crippen molar-refractivity contribution in [3.8, 4) is 0 Å². The van der Waals surface area contributed by atoms with Gasteiger partial charge in [-0.3, -0.25) is 19.7 Å². The molecule has 0 heterocycles. The number of nitrogens with zero attached hydrogens (tertiary/aromatic N) is 1. The van der Waals surface area contributed by atoms with Crippen LogP contribution in [0.5, 0.6) is 0 Å². The second kappa shape index (κ2) is 7.76. The monoisotopic (exact) mass is 367 g/mol. The van der Waals surface area contributed by atoms with E-state index in [9.17, 15) is 19.7 Å². The van der Waals surface area contributed by atoms with Crippen LogP contribution < -0.4 is 10.6 Å². The fourth-order valence-electron chi connectivity index (χ4n) is 1.78. The number of non-ortho nitro benzene ring substituents is 1. The van der Waals surface area contributed by atoms with Gasteiger partial charge in [-0.1, -0.05) is 23.2 Å². The van der Waals surface area contributed by atoms with Gasteiger partial charge in [0.2, 0.25) is 5.91 Å². The third kappa shape index (κ3) is 4.68. The van der Waals surface area contributed by atoms with E-state index >= 15 is 0 Å². The Hall–Kier alpha value is -2.64. The molecule has 0 saturated carbocycles. The number of amides is 2. The Kier molecular flexibility index (Phi) is 5.73. The number of hydrogen-bond donors (Lipinski definition) is 2. The molecule has 0 unspecified atom stereocenters. The van der Waals surface area contributed by atoms with Gasteiger partial charge in [0.15, 0.2) is 0 Å². The van der Waals surface area contributed by atoms with Crippen molar-refractivity contribution in [2.45, 2.75) is 0 Å². The number of benzene rings is 2. The van der Waals surface area contributed by atoms with Gasteiger partial charge in [0.25, 0.3) is 11.6 Å². The summed E-state index contributed by atoms with van der Waals surface area (Å²) in [5, 5.41) is 16.2. The lowest BCUT2D eigenvalue weighted by Crippen LogP contribution is -2.32. The van der Waals surface area contributed by atoms with E-state index < -0.39 is 16.7 Å². The number of rotatable bonds is 5. The average molecular weight is 368 g/mol. The molecule has 2 aromatic rings. The zero-order valence-corrected chi connectivity index (χ0v) is 13.6. The number of nitrogens with one attached hydrogen (secondary N) is 2. The Morgan fingerprint density at radius 2 is 1.75 bits per heavy atom. The molecule has 0 aliphatic rings. The van der Waals surface area contributed by atoms with Crippen LogP contribution in [0.3, 0.4) is 0 Å². The van der Waals surface area contributed by atoms with Crippen LogP contribution in [0.25, 0.3) is 0 Å². The first-order valence-electron chi connectivity index (χ1n) is 6.64. The zero-order chi connectivity index (χ0) is 17.7. The lowest BCUT2D eigenvalue weighted by Gasteiger charge is -2.09. The highest BCUT2D eigenvalue weighted by molar-refractivity contribution is 6.35. The van der Waals surface area contributed by atoms with Gasteiger partial charge in [0.05, 0.1) is 22.2 Å². The van der Waals surface area contributed by atoms with Crippen LogP contribution in [0.2, 0.25) is 10.0 Å². The van der Waals surface area contributed by atoms with E-state index in [4.69, 9.17) is 23.2 Å². The van der Waals surface area contributed by atoms with Crippen molar-refractivity contribution in [1.82, 2.24) is 5.32 Å². The molecular weight excluding hydrogens is 357 g/mol. The molecule has 2 amide bonds. The minimum absolute atomic E-state index is 0.125. The summed E-state index contributed by atoms with van der Waals surface area (Å²) in [4.78, 5) is 33.7. The first kappa shape index (κ1) is 17.7. The van der Waals surface area contributed by atoms with Crippen molar-refractivity contribution >= 4 is 46.4 Å². The molecular formula is C15H11Cl2N3O4. The molecule has 2 N–H and O–H groups in total. The first-order chi connectivity index (χ1) is 11.4. The molecule has 0 bridgehead atoms. The molecule has 0 fully saturated rings. The fraction of sp³-hybridized carbons (Fsp3) is 0.0667. The third-order valence-electron chi connectivity index (χ3n) is 2.95. The second-order valence-electron chi connectivity index (χ2n) is 4.66. The van der Waals surface area contributed by atoms with Crippen LogP contribution in [0, 0.1) is 10.1 Å². The highest BCUT2D eigenvalue weighted by Crippen LogP contribution is 2.25. The number of nitro benzene ring substituents is 1. The number of nitro groups is 1. The highest BCUT2D eigenvalue weighted by atomic mass is 35.5. The van der Waals surface area contributed by atoms with E-state index in [2.05, 4.69) is 10.6 Å². The molecule has 0 aliphatic heterocycles. The van der Waals surface area contributed by atoms with E-state index in [0.29, 0.717) is 15.7 Å². The van der Waals surface area contributed by atoms with E-state index in [-0.39, 0.29) is 17.8 Å². The smallest absolute Gasteiger partial charge is 0.269 e. The largest absolute Gasteiger partial charge is 0.343 e. The highest BCUT2D eigenvalue weighted by Gasteiger charge is 2.12. The summed E-state index contributed by atoms with van der Waals surface area (Å²) >= 11 is 11.7. The van der Waals surface area contributed by atoms with Crippen molar-refractivity contribution in [3.63, 3.8) is 0 Å². The maximum absolute atomic E-state index is 11.9. The molecule has 124 valence electrons. The Labute approximate surface area is 146 Å². The number of halogens is 2. The molecule has 24 heavy (non-hydrogen) atoms. The molecule has 0 spiro atoms. The number of carbonyl (C=O) groups excluding carboxylic acids is 2. The van der Waals surface area contributed by atoms with E-state index in [1.165, 1.54) is 36.4 Å². The van der Waals surface area contributed by atoms with Gasteiger partial charge >= 0.3 is 0 Å².